The zero-order valence-corrected chi connectivity index (χ0v) is 14.1. The largest absolute Gasteiger partial charge is 0.313 e. The van der Waals surface area contributed by atoms with Crippen LogP contribution in [-0.2, 0) is 6.42 Å². The van der Waals surface area contributed by atoms with E-state index in [4.69, 9.17) is 0 Å². The second-order valence-electron chi connectivity index (χ2n) is 4.91. The van der Waals surface area contributed by atoms with E-state index in [1.807, 2.05) is 25.2 Å². The van der Waals surface area contributed by atoms with E-state index >= 15 is 0 Å². The molecule has 1 N–H and O–H groups in total. The van der Waals surface area contributed by atoms with Crippen LogP contribution in [0.15, 0.2) is 42.5 Å². The third-order valence-electron chi connectivity index (χ3n) is 3.56. The minimum absolute atomic E-state index is 0.0536. The first kappa shape index (κ1) is 15.9. The maximum absolute atomic E-state index is 11.1. The van der Waals surface area contributed by atoms with E-state index < -0.39 is 0 Å². The van der Waals surface area contributed by atoms with Crippen LogP contribution in [0, 0.1) is 20.6 Å². The summed E-state index contributed by atoms with van der Waals surface area (Å²) in [5.41, 5.74) is 3.33. The van der Waals surface area contributed by atoms with Crippen molar-refractivity contribution in [3.05, 3.63) is 72.8 Å². The van der Waals surface area contributed by atoms with Gasteiger partial charge in [0.15, 0.2) is 0 Å². The Morgan fingerprint density at radius 2 is 1.95 bits per heavy atom. The maximum Gasteiger partial charge on any atom is 0.272 e. The first-order chi connectivity index (χ1) is 10.0. The van der Waals surface area contributed by atoms with E-state index in [0.717, 1.165) is 5.56 Å². The Balaban J connectivity index is 2.36. The molecule has 0 amide bonds. The number of benzene rings is 2. The zero-order chi connectivity index (χ0) is 15.4. The molecule has 0 saturated carbocycles. The molecule has 0 aliphatic heterocycles. The summed E-state index contributed by atoms with van der Waals surface area (Å²) < 4.78 is 1.20. The second-order valence-corrected chi connectivity index (χ2v) is 5.99. The number of para-hydroxylation sites is 1. The van der Waals surface area contributed by atoms with Crippen molar-refractivity contribution in [3.63, 3.8) is 0 Å². The highest BCUT2D eigenvalue weighted by Gasteiger charge is 2.19. The van der Waals surface area contributed by atoms with Gasteiger partial charge in [-0.2, -0.15) is 0 Å². The van der Waals surface area contributed by atoms with Crippen molar-refractivity contribution in [3.8, 4) is 0 Å². The molecule has 2 rings (SSSR count). The van der Waals surface area contributed by atoms with Crippen molar-refractivity contribution in [2.75, 3.05) is 7.05 Å². The van der Waals surface area contributed by atoms with Gasteiger partial charge in [0.25, 0.3) is 5.69 Å². The fourth-order valence-corrected chi connectivity index (χ4v) is 3.12. The minimum atomic E-state index is -0.316. The summed E-state index contributed by atoms with van der Waals surface area (Å²) in [4.78, 5) is 10.8. The summed E-state index contributed by atoms with van der Waals surface area (Å²) in [6.45, 7) is 2.07. The van der Waals surface area contributed by atoms with Crippen LogP contribution in [0.4, 0.5) is 5.69 Å². The molecule has 0 aromatic heterocycles. The summed E-state index contributed by atoms with van der Waals surface area (Å²) in [6, 6.07) is 13.2. The molecule has 0 saturated heterocycles. The number of likely N-dealkylation sites (N-methyl/N-ethyl adjacent to an activating group) is 1. The van der Waals surface area contributed by atoms with Crippen molar-refractivity contribution in [1.82, 2.24) is 5.32 Å². The average molecular weight is 396 g/mol. The number of nitrogens with one attached hydrogen (secondary N) is 1. The van der Waals surface area contributed by atoms with Crippen LogP contribution in [0.3, 0.4) is 0 Å². The van der Waals surface area contributed by atoms with Crippen molar-refractivity contribution in [1.29, 1.82) is 0 Å². The lowest BCUT2D eigenvalue weighted by atomic mass is 9.97. The topological polar surface area (TPSA) is 55.2 Å². The van der Waals surface area contributed by atoms with Gasteiger partial charge in [-0.1, -0.05) is 36.4 Å². The summed E-state index contributed by atoms with van der Waals surface area (Å²) in [5.74, 6) is 0. The molecule has 110 valence electrons. The van der Waals surface area contributed by atoms with Crippen molar-refractivity contribution in [2.24, 2.45) is 0 Å². The van der Waals surface area contributed by atoms with Gasteiger partial charge in [-0.05, 0) is 54.1 Å². The highest BCUT2D eigenvalue weighted by atomic mass is 127. The average Bonchev–Trinajstić information content (AvgIpc) is 2.48. The molecule has 4 nitrogen and oxygen atoms in total. The molecule has 0 spiro atoms. The zero-order valence-electron chi connectivity index (χ0n) is 12.0. The predicted octanol–water partition coefficient (Wildman–Crippen LogP) is 4.01. The normalized spacial score (nSPS) is 12.1. The summed E-state index contributed by atoms with van der Waals surface area (Å²) in [7, 11) is 1.89. The summed E-state index contributed by atoms with van der Waals surface area (Å²) in [5, 5.41) is 14.4. The van der Waals surface area contributed by atoms with Gasteiger partial charge in [0.2, 0.25) is 0 Å². The van der Waals surface area contributed by atoms with Crippen LogP contribution >= 0.6 is 22.6 Å². The standard InChI is InChI=1S/C16H17IN2O2/c1-11-6-5-8-13(16(11)17)14(18-2)10-12-7-3-4-9-15(12)19(20)21/h3-9,14,18H,10H2,1-2H3. The van der Waals surface area contributed by atoms with Gasteiger partial charge in [0.05, 0.1) is 4.92 Å². The van der Waals surface area contributed by atoms with Crippen molar-refractivity contribution in [2.45, 2.75) is 19.4 Å². The number of halogens is 1. The predicted molar refractivity (Wildman–Crippen MR) is 92.5 cm³/mol. The smallest absolute Gasteiger partial charge is 0.272 e. The number of nitrogens with zero attached hydrogens (tertiary/aromatic N) is 1. The molecule has 0 heterocycles. The Hall–Kier alpha value is -1.47. The Bertz CT molecular complexity index is 658. The van der Waals surface area contributed by atoms with E-state index in [0.29, 0.717) is 6.42 Å². The fourth-order valence-electron chi connectivity index (χ4n) is 2.39. The van der Waals surface area contributed by atoms with Crippen LogP contribution in [0.1, 0.15) is 22.7 Å². The number of nitro benzene ring substituents is 1. The summed E-state index contributed by atoms with van der Waals surface area (Å²) in [6.07, 6.45) is 0.590. The van der Waals surface area contributed by atoms with Crippen molar-refractivity contribution >= 4 is 28.3 Å². The number of nitro groups is 1. The molecule has 2 aromatic rings. The van der Waals surface area contributed by atoms with Gasteiger partial charge in [-0.3, -0.25) is 10.1 Å². The van der Waals surface area contributed by atoms with Gasteiger partial charge in [0, 0.05) is 21.2 Å². The maximum atomic E-state index is 11.1. The van der Waals surface area contributed by atoms with E-state index in [1.165, 1.54) is 14.7 Å². The Morgan fingerprint density at radius 3 is 2.62 bits per heavy atom. The van der Waals surface area contributed by atoms with Crippen molar-refractivity contribution < 1.29 is 4.92 Å². The van der Waals surface area contributed by atoms with Crippen LogP contribution < -0.4 is 5.32 Å². The number of rotatable bonds is 5. The lowest BCUT2D eigenvalue weighted by Gasteiger charge is -2.19. The molecule has 0 bridgehead atoms. The lowest BCUT2D eigenvalue weighted by molar-refractivity contribution is -0.385. The van der Waals surface area contributed by atoms with Crippen LogP contribution in [0.2, 0.25) is 0 Å². The molecule has 0 aliphatic rings. The number of hydrogen-bond acceptors (Lipinski definition) is 3. The van der Waals surface area contributed by atoms with Crippen LogP contribution in [-0.4, -0.2) is 12.0 Å². The Labute approximate surface area is 137 Å². The molecular weight excluding hydrogens is 379 g/mol. The highest BCUT2D eigenvalue weighted by Crippen LogP contribution is 2.28. The van der Waals surface area contributed by atoms with Crippen LogP contribution in [0.5, 0.6) is 0 Å². The quantitative estimate of drug-likeness (QED) is 0.472. The SMILES string of the molecule is CNC(Cc1ccccc1[N+](=O)[O-])c1cccc(C)c1I. The Kier molecular flexibility index (Phi) is 5.30. The van der Waals surface area contributed by atoms with Gasteiger partial charge >= 0.3 is 0 Å². The first-order valence-electron chi connectivity index (χ1n) is 6.69. The van der Waals surface area contributed by atoms with Gasteiger partial charge in [-0.15, -0.1) is 0 Å². The second kappa shape index (κ2) is 7.00. The molecule has 1 atom stereocenters. The molecule has 0 radical (unpaired) electrons. The Morgan fingerprint density at radius 1 is 1.24 bits per heavy atom. The monoisotopic (exact) mass is 396 g/mol. The first-order valence-corrected chi connectivity index (χ1v) is 7.77. The fraction of sp³-hybridized carbons (Fsp3) is 0.250. The third-order valence-corrected chi connectivity index (χ3v) is 5.03. The number of aryl methyl sites for hydroxylation is 1. The highest BCUT2D eigenvalue weighted by molar-refractivity contribution is 14.1. The van der Waals surface area contributed by atoms with Gasteiger partial charge in [0.1, 0.15) is 0 Å². The molecule has 0 aliphatic carbocycles. The van der Waals surface area contributed by atoms with Gasteiger partial charge < -0.3 is 5.32 Å². The molecular formula is C16H17IN2O2. The molecule has 5 heteroatoms. The lowest BCUT2D eigenvalue weighted by Crippen LogP contribution is -2.20. The van der Waals surface area contributed by atoms with E-state index in [9.17, 15) is 10.1 Å². The number of hydrogen-bond donors (Lipinski definition) is 1. The summed E-state index contributed by atoms with van der Waals surface area (Å²) >= 11 is 2.33. The van der Waals surface area contributed by atoms with E-state index in [1.54, 1.807) is 12.1 Å². The molecule has 21 heavy (non-hydrogen) atoms. The minimum Gasteiger partial charge on any atom is -0.313 e. The molecule has 2 aromatic carbocycles. The van der Waals surface area contributed by atoms with E-state index in [-0.39, 0.29) is 16.7 Å². The molecule has 0 fully saturated rings. The van der Waals surface area contributed by atoms with Gasteiger partial charge in [-0.25, -0.2) is 0 Å². The third kappa shape index (κ3) is 3.59. The molecule has 1 unspecified atom stereocenters. The van der Waals surface area contributed by atoms with Crippen LogP contribution in [0.25, 0.3) is 0 Å². The van der Waals surface area contributed by atoms with E-state index in [2.05, 4.69) is 47.0 Å².